The Morgan fingerprint density at radius 1 is 1.12 bits per heavy atom. The average molecular weight is 376 g/mol. The van der Waals surface area contributed by atoms with Crippen molar-refractivity contribution in [2.45, 2.75) is 51.4 Å². The summed E-state index contributed by atoms with van der Waals surface area (Å²) in [6, 6.07) is 8.81. The van der Waals surface area contributed by atoms with Crippen molar-refractivity contribution in [3.63, 3.8) is 0 Å². The molecule has 0 spiro atoms. The van der Waals surface area contributed by atoms with Crippen LogP contribution in [0, 0.1) is 12.8 Å². The van der Waals surface area contributed by atoms with Gasteiger partial charge in [-0.1, -0.05) is 18.2 Å². The number of aromatic nitrogens is 1. The second-order valence-electron chi connectivity index (χ2n) is 8.18. The Bertz CT molecular complexity index is 682. The SMILES string of the molecule is Cc1[nH]c2ccccc2c1C1CCN(CCCC2CCCNC2)CC1.Cl. The second kappa shape index (κ2) is 9.25. The van der Waals surface area contributed by atoms with Gasteiger partial charge in [-0.3, -0.25) is 0 Å². The lowest BCUT2D eigenvalue weighted by molar-refractivity contribution is 0.202. The minimum atomic E-state index is 0. The molecular weight excluding hydrogens is 342 g/mol. The molecule has 0 bridgehead atoms. The van der Waals surface area contributed by atoms with Gasteiger partial charge in [-0.05, 0) is 102 Å². The molecule has 2 fully saturated rings. The fourth-order valence-electron chi connectivity index (χ4n) is 5.04. The molecule has 0 radical (unpaired) electrons. The first-order chi connectivity index (χ1) is 12.3. The van der Waals surface area contributed by atoms with Crippen molar-refractivity contribution < 1.29 is 0 Å². The molecule has 3 nitrogen and oxygen atoms in total. The number of hydrogen-bond acceptors (Lipinski definition) is 2. The van der Waals surface area contributed by atoms with Crippen molar-refractivity contribution in [2.24, 2.45) is 5.92 Å². The number of para-hydroxylation sites is 1. The van der Waals surface area contributed by atoms with Crippen molar-refractivity contribution in [3.8, 4) is 0 Å². The number of nitrogens with zero attached hydrogens (tertiary/aromatic N) is 1. The summed E-state index contributed by atoms with van der Waals surface area (Å²) in [7, 11) is 0. The maximum Gasteiger partial charge on any atom is 0.0458 e. The summed E-state index contributed by atoms with van der Waals surface area (Å²) >= 11 is 0. The van der Waals surface area contributed by atoms with Gasteiger partial charge < -0.3 is 15.2 Å². The van der Waals surface area contributed by atoms with E-state index in [0.29, 0.717) is 0 Å². The monoisotopic (exact) mass is 375 g/mol. The highest BCUT2D eigenvalue weighted by molar-refractivity contribution is 5.85. The summed E-state index contributed by atoms with van der Waals surface area (Å²) in [6.07, 6.45) is 8.23. The maximum atomic E-state index is 3.59. The molecule has 0 amide bonds. The maximum absolute atomic E-state index is 3.59. The molecule has 2 N–H and O–H groups in total. The Labute approximate surface area is 164 Å². The van der Waals surface area contributed by atoms with Crippen LogP contribution >= 0.6 is 12.4 Å². The molecule has 4 heteroatoms. The number of piperidine rings is 2. The molecule has 2 aliphatic rings. The van der Waals surface area contributed by atoms with Gasteiger partial charge in [-0.25, -0.2) is 0 Å². The zero-order chi connectivity index (χ0) is 17.1. The van der Waals surface area contributed by atoms with Gasteiger partial charge in [0.1, 0.15) is 0 Å². The van der Waals surface area contributed by atoms with Gasteiger partial charge in [0.05, 0.1) is 0 Å². The van der Waals surface area contributed by atoms with Gasteiger partial charge in [-0.2, -0.15) is 0 Å². The van der Waals surface area contributed by atoms with Crippen LogP contribution in [-0.4, -0.2) is 42.6 Å². The fourth-order valence-corrected chi connectivity index (χ4v) is 5.04. The van der Waals surface area contributed by atoms with E-state index in [1.807, 2.05) is 0 Å². The summed E-state index contributed by atoms with van der Waals surface area (Å²) < 4.78 is 0. The van der Waals surface area contributed by atoms with E-state index >= 15 is 0 Å². The lowest BCUT2D eigenvalue weighted by Crippen LogP contribution is -2.35. The van der Waals surface area contributed by atoms with Gasteiger partial charge in [0.25, 0.3) is 0 Å². The highest BCUT2D eigenvalue weighted by atomic mass is 35.5. The van der Waals surface area contributed by atoms with E-state index in [1.165, 1.54) is 87.8 Å². The smallest absolute Gasteiger partial charge is 0.0458 e. The largest absolute Gasteiger partial charge is 0.358 e. The van der Waals surface area contributed by atoms with Crippen LogP contribution in [-0.2, 0) is 0 Å². The molecule has 3 heterocycles. The van der Waals surface area contributed by atoms with Crippen molar-refractivity contribution in [1.82, 2.24) is 15.2 Å². The van der Waals surface area contributed by atoms with Crippen LogP contribution in [0.3, 0.4) is 0 Å². The molecule has 4 rings (SSSR count). The Kier molecular flexibility index (Phi) is 7.02. The summed E-state index contributed by atoms with van der Waals surface area (Å²) in [5.74, 6) is 1.66. The number of rotatable bonds is 5. The molecule has 1 unspecified atom stereocenters. The normalized spacial score (nSPS) is 22.4. The van der Waals surface area contributed by atoms with Gasteiger partial charge in [0, 0.05) is 16.6 Å². The Balaban J connectivity index is 0.00000196. The number of H-pyrrole nitrogens is 1. The predicted octanol–water partition coefficient (Wildman–Crippen LogP) is 4.86. The van der Waals surface area contributed by atoms with Gasteiger partial charge >= 0.3 is 0 Å². The lowest BCUT2D eigenvalue weighted by Gasteiger charge is -2.33. The number of fused-ring (bicyclic) bond motifs is 1. The van der Waals surface area contributed by atoms with Crippen LogP contribution < -0.4 is 5.32 Å². The highest BCUT2D eigenvalue weighted by Crippen LogP contribution is 2.35. The lowest BCUT2D eigenvalue weighted by atomic mass is 9.87. The second-order valence-corrected chi connectivity index (χ2v) is 8.18. The van der Waals surface area contributed by atoms with E-state index in [1.54, 1.807) is 5.56 Å². The van der Waals surface area contributed by atoms with E-state index in [2.05, 4.69) is 46.4 Å². The molecule has 26 heavy (non-hydrogen) atoms. The molecule has 2 aromatic rings. The van der Waals surface area contributed by atoms with E-state index in [0.717, 1.165) is 11.8 Å². The quantitative estimate of drug-likeness (QED) is 0.782. The number of aromatic amines is 1. The topological polar surface area (TPSA) is 31.1 Å². The Hall–Kier alpha value is -1.03. The number of aryl methyl sites for hydroxylation is 1. The van der Waals surface area contributed by atoms with Crippen molar-refractivity contribution in [1.29, 1.82) is 0 Å². The number of likely N-dealkylation sites (tertiary alicyclic amines) is 1. The van der Waals surface area contributed by atoms with E-state index in [4.69, 9.17) is 0 Å². The Morgan fingerprint density at radius 2 is 1.92 bits per heavy atom. The Morgan fingerprint density at radius 3 is 2.69 bits per heavy atom. The van der Waals surface area contributed by atoms with Crippen molar-refractivity contribution in [3.05, 3.63) is 35.5 Å². The standard InChI is InChI=1S/C22H33N3.ClH/c1-17-22(20-8-2-3-9-21(20)24-17)19-10-14-25(15-11-19)13-5-7-18-6-4-12-23-16-18;/h2-3,8-9,18-19,23-24H,4-7,10-16H2,1H3;1H. The number of benzene rings is 1. The van der Waals surface area contributed by atoms with Crippen molar-refractivity contribution >= 4 is 23.3 Å². The van der Waals surface area contributed by atoms with Gasteiger partial charge in [-0.15, -0.1) is 12.4 Å². The first-order valence-electron chi connectivity index (χ1n) is 10.3. The number of hydrogen-bond donors (Lipinski definition) is 2. The van der Waals surface area contributed by atoms with Crippen LogP contribution in [0.4, 0.5) is 0 Å². The number of halogens is 1. The fraction of sp³-hybridized carbons (Fsp3) is 0.636. The molecule has 2 saturated heterocycles. The van der Waals surface area contributed by atoms with Crippen LogP contribution in [0.15, 0.2) is 24.3 Å². The molecule has 1 aromatic carbocycles. The van der Waals surface area contributed by atoms with Crippen LogP contribution in [0.5, 0.6) is 0 Å². The molecule has 2 aliphatic heterocycles. The summed E-state index contributed by atoms with van der Waals surface area (Å²) in [6.45, 7) is 8.58. The molecular formula is C22H34ClN3. The summed E-state index contributed by atoms with van der Waals surface area (Å²) in [5.41, 5.74) is 4.27. The third kappa shape index (κ3) is 4.44. The molecule has 144 valence electrons. The molecule has 1 atom stereocenters. The van der Waals surface area contributed by atoms with Crippen LogP contribution in [0.2, 0.25) is 0 Å². The van der Waals surface area contributed by atoms with E-state index < -0.39 is 0 Å². The molecule has 0 aliphatic carbocycles. The number of nitrogens with one attached hydrogen (secondary N) is 2. The molecule has 0 saturated carbocycles. The van der Waals surface area contributed by atoms with E-state index in [9.17, 15) is 0 Å². The zero-order valence-corrected chi connectivity index (χ0v) is 16.9. The third-order valence-corrected chi connectivity index (χ3v) is 6.42. The average Bonchev–Trinajstić information content (AvgIpc) is 2.99. The van der Waals surface area contributed by atoms with Crippen molar-refractivity contribution in [2.75, 3.05) is 32.7 Å². The summed E-state index contributed by atoms with van der Waals surface area (Å²) in [4.78, 5) is 6.29. The third-order valence-electron chi connectivity index (χ3n) is 6.42. The first kappa shape index (κ1) is 19.7. The van der Waals surface area contributed by atoms with E-state index in [-0.39, 0.29) is 12.4 Å². The van der Waals surface area contributed by atoms with Crippen LogP contribution in [0.1, 0.15) is 55.7 Å². The molecule has 1 aromatic heterocycles. The highest BCUT2D eigenvalue weighted by Gasteiger charge is 2.24. The van der Waals surface area contributed by atoms with Gasteiger partial charge in [0.15, 0.2) is 0 Å². The zero-order valence-electron chi connectivity index (χ0n) is 16.1. The minimum Gasteiger partial charge on any atom is -0.358 e. The van der Waals surface area contributed by atoms with Crippen LogP contribution in [0.25, 0.3) is 10.9 Å². The first-order valence-corrected chi connectivity index (χ1v) is 10.3. The predicted molar refractivity (Wildman–Crippen MR) is 114 cm³/mol. The summed E-state index contributed by atoms with van der Waals surface area (Å²) in [5, 5.41) is 5.00. The van der Waals surface area contributed by atoms with Gasteiger partial charge in [0.2, 0.25) is 0 Å². The minimum absolute atomic E-state index is 0.